The Hall–Kier alpha value is -1.25. The Morgan fingerprint density at radius 3 is 3.25 bits per heavy atom. The van der Waals surface area contributed by atoms with Gasteiger partial charge < -0.3 is 5.32 Å². The molecule has 0 fully saturated rings. The Labute approximate surface area is 71.9 Å². The van der Waals surface area contributed by atoms with Crippen molar-refractivity contribution in [1.82, 2.24) is 15.5 Å². The summed E-state index contributed by atoms with van der Waals surface area (Å²) < 4.78 is 0. The van der Waals surface area contributed by atoms with E-state index in [0.29, 0.717) is 5.92 Å². The summed E-state index contributed by atoms with van der Waals surface area (Å²) in [5.74, 6) is 0.572. The van der Waals surface area contributed by atoms with Crippen molar-refractivity contribution in [3.63, 3.8) is 0 Å². The highest BCUT2D eigenvalue weighted by atomic mass is 15.1. The van der Waals surface area contributed by atoms with Crippen LogP contribution in [0.25, 0.3) is 6.08 Å². The van der Waals surface area contributed by atoms with E-state index in [-0.39, 0.29) is 0 Å². The molecule has 0 radical (unpaired) electrons. The third-order valence-electron chi connectivity index (χ3n) is 2.39. The summed E-state index contributed by atoms with van der Waals surface area (Å²) in [4.78, 5) is 0. The SMILES string of the molecule is CNC1=Cc2cn[nH]c2CC1C. The molecular weight excluding hydrogens is 150 g/mol. The Balaban J connectivity index is 2.40. The molecule has 1 atom stereocenters. The number of aromatic nitrogens is 2. The van der Waals surface area contributed by atoms with E-state index in [1.807, 2.05) is 13.2 Å². The first-order valence-corrected chi connectivity index (χ1v) is 4.23. The average Bonchev–Trinajstić information content (AvgIpc) is 2.49. The number of hydrogen-bond donors (Lipinski definition) is 2. The molecule has 2 N–H and O–H groups in total. The number of fused-ring (bicyclic) bond motifs is 1. The summed E-state index contributed by atoms with van der Waals surface area (Å²) in [5, 5.41) is 10.2. The first kappa shape index (κ1) is 7.40. The smallest absolute Gasteiger partial charge is 0.0563 e. The van der Waals surface area contributed by atoms with Crippen molar-refractivity contribution < 1.29 is 0 Å². The lowest BCUT2D eigenvalue weighted by Crippen LogP contribution is -2.19. The minimum atomic E-state index is 0.572. The highest BCUT2D eigenvalue weighted by Gasteiger charge is 2.17. The molecule has 0 aromatic carbocycles. The van der Waals surface area contributed by atoms with Gasteiger partial charge in [0.2, 0.25) is 0 Å². The van der Waals surface area contributed by atoms with Crippen LogP contribution in [0.3, 0.4) is 0 Å². The van der Waals surface area contributed by atoms with Crippen LogP contribution in [0.5, 0.6) is 0 Å². The van der Waals surface area contributed by atoms with E-state index in [4.69, 9.17) is 0 Å². The first-order valence-electron chi connectivity index (χ1n) is 4.23. The van der Waals surface area contributed by atoms with Gasteiger partial charge in [-0.1, -0.05) is 6.92 Å². The highest BCUT2D eigenvalue weighted by Crippen LogP contribution is 2.24. The van der Waals surface area contributed by atoms with Crippen LogP contribution >= 0.6 is 0 Å². The molecule has 1 aromatic heterocycles. The minimum Gasteiger partial charge on any atom is -0.391 e. The Morgan fingerprint density at radius 2 is 2.50 bits per heavy atom. The monoisotopic (exact) mass is 163 g/mol. The van der Waals surface area contributed by atoms with Crippen LogP contribution < -0.4 is 5.32 Å². The molecule has 1 heterocycles. The second-order valence-electron chi connectivity index (χ2n) is 3.26. The molecule has 0 spiro atoms. The zero-order valence-electron chi connectivity index (χ0n) is 7.39. The number of H-pyrrole nitrogens is 1. The molecule has 3 nitrogen and oxygen atoms in total. The van der Waals surface area contributed by atoms with Gasteiger partial charge in [-0.3, -0.25) is 5.10 Å². The maximum absolute atomic E-state index is 4.01. The maximum atomic E-state index is 4.01. The van der Waals surface area contributed by atoms with Gasteiger partial charge in [-0.2, -0.15) is 5.10 Å². The average molecular weight is 163 g/mol. The number of allylic oxidation sites excluding steroid dienone is 1. The van der Waals surface area contributed by atoms with Crippen molar-refractivity contribution >= 4 is 6.08 Å². The largest absolute Gasteiger partial charge is 0.391 e. The summed E-state index contributed by atoms with van der Waals surface area (Å²) >= 11 is 0. The minimum absolute atomic E-state index is 0.572. The second kappa shape index (κ2) is 2.66. The van der Waals surface area contributed by atoms with Gasteiger partial charge in [-0.15, -0.1) is 0 Å². The van der Waals surface area contributed by atoms with Crippen LogP contribution in [0, 0.1) is 5.92 Å². The van der Waals surface area contributed by atoms with Crippen molar-refractivity contribution in [2.45, 2.75) is 13.3 Å². The van der Waals surface area contributed by atoms with Gasteiger partial charge in [0.15, 0.2) is 0 Å². The third kappa shape index (κ3) is 1.02. The summed E-state index contributed by atoms with van der Waals surface area (Å²) in [6, 6.07) is 0. The molecule has 3 heteroatoms. The van der Waals surface area contributed by atoms with Gasteiger partial charge in [-0.05, 0) is 12.5 Å². The number of nitrogens with zero attached hydrogens (tertiary/aromatic N) is 1. The van der Waals surface area contributed by atoms with E-state index < -0.39 is 0 Å². The summed E-state index contributed by atoms with van der Waals surface area (Å²) in [6.45, 7) is 2.21. The second-order valence-corrected chi connectivity index (χ2v) is 3.26. The summed E-state index contributed by atoms with van der Waals surface area (Å²) in [5.41, 5.74) is 3.77. The van der Waals surface area contributed by atoms with E-state index in [1.54, 1.807) is 0 Å². The molecule has 0 aliphatic heterocycles. The van der Waals surface area contributed by atoms with E-state index in [1.165, 1.54) is 17.0 Å². The lowest BCUT2D eigenvalue weighted by molar-refractivity contribution is 0.616. The number of rotatable bonds is 1. The van der Waals surface area contributed by atoms with Gasteiger partial charge >= 0.3 is 0 Å². The first-order chi connectivity index (χ1) is 5.81. The van der Waals surface area contributed by atoms with Gasteiger partial charge in [0.1, 0.15) is 0 Å². The zero-order chi connectivity index (χ0) is 8.55. The molecule has 1 unspecified atom stereocenters. The van der Waals surface area contributed by atoms with Crippen molar-refractivity contribution in [3.8, 4) is 0 Å². The fraction of sp³-hybridized carbons (Fsp3) is 0.444. The predicted molar refractivity (Wildman–Crippen MR) is 48.5 cm³/mol. The van der Waals surface area contributed by atoms with E-state index in [0.717, 1.165) is 6.42 Å². The number of nitrogens with one attached hydrogen (secondary N) is 2. The standard InChI is InChI=1S/C9H13N3/c1-6-3-9-7(5-11-12-9)4-8(6)10-2/h4-6,10H,3H2,1-2H3,(H,11,12). The summed E-state index contributed by atoms with van der Waals surface area (Å²) in [6.07, 6.45) is 5.09. The van der Waals surface area contributed by atoms with Crippen molar-refractivity contribution in [2.75, 3.05) is 7.05 Å². The van der Waals surface area contributed by atoms with Crippen LogP contribution in [0.2, 0.25) is 0 Å². The van der Waals surface area contributed by atoms with Gasteiger partial charge in [0.05, 0.1) is 6.20 Å². The summed E-state index contributed by atoms with van der Waals surface area (Å²) in [7, 11) is 1.97. The lowest BCUT2D eigenvalue weighted by atomic mass is 9.93. The number of aromatic amines is 1. The topological polar surface area (TPSA) is 40.7 Å². The van der Waals surface area contributed by atoms with E-state index in [9.17, 15) is 0 Å². The van der Waals surface area contributed by atoms with Gasteiger partial charge in [0, 0.05) is 29.9 Å². The van der Waals surface area contributed by atoms with E-state index >= 15 is 0 Å². The highest BCUT2D eigenvalue weighted by molar-refractivity contribution is 5.57. The van der Waals surface area contributed by atoms with Crippen LogP contribution in [-0.4, -0.2) is 17.2 Å². The molecule has 0 saturated carbocycles. The van der Waals surface area contributed by atoms with Crippen molar-refractivity contribution in [3.05, 3.63) is 23.2 Å². The predicted octanol–water partition coefficient (Wildman–Crippen LogP) is 1.16. The Kier molecular flexibility index (Phi) is 1.64. The van der Waals surface area contributed by atoms with Gasteiger partial charge in [0.25, 0.3) is 0 Å². The fourth-order valence-corrected chi connectivity index (χ4v) is 1.65. The molecule has 0 amide bonds. The molecule has 12 heavy (non-hydrogen) atoms. The quantitative estimate of drug-likeness (QED) is 0.652. The Bertz CT molecular complexity index is 311. The van der Waals surface area contributed by atoms with Crippen LogP contribution in [0.4, 0.5) is 0 Å². The molecule has 1 aromatic rings. The fourth-order valence-electron chi connectivity index (χ4n) is 1.65. The molecule has 0 saturated heterocycles. The van der Waals surface area contributed by atoms with Gasteiger partial charge in [-0.25, -0.2) is 0 Å². The van der Waals surface area contributed by atoms with Crippen molar-refractivity contribution in [2.24, 2.45) is 5.92 Å². The molecule has 0 bridgehead atoms. The molecule has 1 aliphatic rings. The Morgan fingerprint density at radius 1 is 1.67 bits per heavy atom. The van der Waals surface area contributed by atoms with Crippen LogP contribution in [-0.2, 0) is 6.42 Å². The van der Waals surface area contributed by atoms with Crippen LogP contribution in [0.15, 0.2) is 11.9 Å². The zero-order valence-corrected chi connectivity index (χ0v) is 7.39. The van der Waals surface area contributed by atoms with Crippen LogP contribution in [0.1, 0.15) is 18.2 Å². The molecular formula is C9H13N3. The normalized spacial score (nSPS) is 21.5. The molecule has 1 aliphatic carbocycles. The maximum Gasteiger partial charge on any atom is 0.0563 e. The van der Waals surface area contributed by atoms with Crippen molar-refractivity contribution in [1.29, 1.82) is 0 Å². The lowest BCUT2D eigenvalue weighted by Gasteiger charge is -2.19. The van der Waals surface area contributed by atoms with E-state index in [2.05, 4.69) is 28.5 Å². The molecule has 64 valence electrons. The molecule has 2 rings (SSSR count). The number of hydrogen-bond acceptors (Lipinski definition) is 2. The third-order valence-corrected chi connectivity index (χ3v) is 2.39.